The van der Waals surface area contributed by atoms with Crippen LogP contribution in [0.1, 0.15) is 11.1 Å². The van der Waals surface area contributed by atoms with Crippen molar-refractivity contribution in [3.8, 4) is 11.3 Å². The van der Waals surface area contributed by atoms with Crippen molar-refractivity contribution in [2.75, 3.05) is 0 Å². The molecule has 0 amide bonds. The normalized spacial score (nSPS) is 10.6. The molecule has 0 spiro atoms. The number of benzene rings is 2. The van der Waals surface area contributed by atoms with Gasteiger partial charge in [-0.1, -0.05) is 35.9 Å². The van der Waals surface area contributed by atoms with E-state index in [1.54, 1.807) is 6.07 Å². The zero-order valence-corrected chi connectivity index (χ0v) is 12.0. The number of hydrogen-bond acceptors (Lipinski definition) is 0. The zero-order chi connectivity index (χ0) is 14.7. The summed E-state index contributed by atoms with van der Waals surface area (Å²) in [5.74, 6) is -0.193. The predicted molar refractivity (Wildman–Crippen MR) is 82.3 cm³/mol. The molecule has 1 aromatic heterocycles. The standard InChI is InChI=1S/C19H17FN/c1-15-7-6-8-16(13-15)14-21-12-5-4-11-19(21)17-9-2-3-10-18(17)20/h2-13H,14H2,1H3/q+1. The number of nitrogens with zero attached hydrogens (tertiary/aromatic N) is 1. The smallest absolute Gasteiger partial charge is 0.206 e. The van der Waals surface area contributed by atoms with Crippen molar-refractivity contribution in [3.05, 3.63) is 89.9 Å². The van der Waals surface area contributed by atoms with Crippen LogP contribution in [0.2, 0.25) is 0 Å². The van der Waals surface area contributed by atoms with Gasteiger partial charge >= 0.3 is 0 Å². The highest BCUT2D eigenvalue weighted by atomic mass is 19.1. The van der Waals surface area contributed by atoms with E-state index in [0.29, 0.717) is 5.56 Å². The topological polar surface area (TPSA) is 3.88 Å². The number of rotatable bonds is 3. The Labute approximate surface area is 124 Å². The molecule has 2 heteroatoms. The molecular formula is C19H17FN+. The van der Waals surface area contributed by atoms with Crippen molar-refractivity contribution < 1.29 is 8.96 Å². The fourth-order valence-electron chi connectivity index (χ4n) is 2.53. The molecule has 0 aliphatic carbocycles. The van der Waals surface area contributed by atoms with Crippen molar-refractivity contribution in [3.63, 3.8) is 0 Å². The van der Waals surface area contributed by atoms with Crippen molar-refractivity contribution in [2.45, 2.75) is 13.5 Å². The monoisotopic (exact) mass is 278 g/mol. The van der Waals surface area contributed by atoms with Gasteiger partial charge in [-0.05, 0) is 31.2 Å². The Morgan fingerprint density at radius 1 is 0.905 bits per heavy atom. The molecule has 0 unspecified atom stereocenters. The van der Waals surface area contributed by atoms with E-state index in [0.717, 1.165) is 12.2 Å². The molecule has 0 aliphatic rings. The molecule has 0 saturated carbocycles. The summed E-state index contributed by atoms with van der Waals surface area (Å²) in [7, 11) is 0. The lowest BCUT2D eigenvalue weighted by atomic mass is 10.1. The molecule has 0 saturated heterocycles. The molecule has 0 radical (unpaired) electrons. The van der Waals surface area contributed by atoms with E-state index in [-0.39, 0.29) is 5.82 Å². The van der Waals surface area contributed by atoms with Gasteiger partial charge in [-0.15, -0.1) is 0 Å². The SMILES string of the molecule is Cc1cccc(C[n+]2ccccc2-c2ccccc2F)c1. The molecule has 0 N–H and O–H groups in total. The first-order chi connectivity index (χ1) is 10.2. The highest BCUT2D eigenvalue weighted by molar-refractivity contribution is 5.56. The molecule has 3 rings (SSSR count). The predicted octanol–water partition coefficient (Wildman–Crippen LogP) is 4.14. The molecule has 3 aromatic rings. The van der Waals surface area contributed by atoms with E-state index in [2.05, 4.69) is 35.8 Å². The van der Waals surface area contributed by atoms with E-state index in [4.69, 9.17) is 0 Å². The second-order valence-corrected chi connectivity index (χ2v) is 5.18. The summed E-state index contributed by atoms with van der Waals surface area (Å²) in [5, 5.41) is 0. The largest absolute Gasteiger partial charge is 0.215 e. The fraction of sp³-hybridized carbons (Fsp3) is 0.105. The maximum atomic E-state index is 14.0. The number of halogens is 1. The number of pyridine rings is 1. The minimum Gasteiger partial charge on any atom is -0.206 e. The third-order valence-electron chi connectivity index (χ3n) is 3.53. The highest BCUT2D eigenvalue weighted by Gasteiger charge is 2.16. The maximum absolute atomic E-state index is 14.0. The van der Waals surface area contributed by atoms with Gasteiger partial charge in [0.1, 0.15) is 5.82 Å². The van der Waals surface area contributed by atoms with Crippen LogP contribution < -0.4 is 4.57 Å². The maximum Gasteiger partial charge on any atom is 0.215 e. The highest BCUT2D eigenvalue weighted by Crippen LogP contribution is 2.19. The van der Waals surface area contributed by atoms with Crippen molar-refractivity contribution >= 4 is 0 Å². The zero-order valence-electron chi connectivity index (χ0n) is 12.0. The first-order valence-electron chi connectivity index (χ1n) is 7.03. The molecule has 21 heavy (non-hydrogen) atoms. The van der Waals surface area contributed by atoms with Gasteiger partial charge < -0.3 is 0 Å². The Morgan fingerprint density at radius 3 is 2.52 bits per heavy atom. The van der Waals surface area contributed by atoms with Crippen LogP contribution in [-0.4, -0.2) is 0 Å². The Kier molecular flexibility index (Phi) is 3.78. The minimum atomic E-state index is -0.193. The Bertz CT molecular complexity index is 765. The number of aromatic nitrogens is 1. The summed E-state index contributed by atoms with van der Waals surface area (Å²) in [5.41, 5.74) is 3.96. The van der Waals surface area contributed by atoms with Gasteiger partial charge in [-0.2, -0.15) is 4.57 Å². The fourth-order valence-corrected chi connectivity index (χ4v) is 2.53. The first-order valence-corrected chi connectivity index (χ1v) is 7.03. The summed E-state index contributed by atoms with van der Waals surface area (Å²) in [4.78, 5) is 0. The van der Waals surface area contributed by atoms with E-state index >= 15 is 0 Å². The molecule has 0 fully saturated rings. The summed E-state index contributed by atoms with van der Waals surface area (Å²) < 4.78 is 16.1. The van der Waals surface area contributed by atoms with Crippen LogP contribution in [0.15, 0.2) is 72.9 Å². The Morgan fingerprint density at radius 2 is 1.71 bits per heavy atom. The number of aryl methyl sites for hydroxylation is 1. The van der Waals surface area contributed by atoms with Gasteiger partial charge in [0.2, 0.25) is 5.69 Å². The van der Waals surface area contributed by atoms with Crippen molar-refractivity contribution in [1.29, 1.82) is 0 Å². The van der Waals surface area contributed by atoms with Crippen LogP contribution in [0.4, 0.5) is 4.39 Å². The van der Waals surface area contributed by atoms with Crippen LogP contribution in [0.5, 0.6) is 0 Å². The second-order valence-electron chi connectivity index (χ2n) is 5.18. The summed E-state index contributed by atoms with van der Waals surface area (Å²) >= 11 is 0. The van der Waals surface area contributed by atoms with Crippen LogP contribution in [-0.2, 0) is 6.54 Å². The van der Waals surface area contributed by atoms with Gasteiger partial charge in [0.05, 0.1) is 5.56 Å². The van der Waals surface area contributed by atoms with Gasteiger partial charge in [0, 0.05) is 17.7 Å². The molecule has 2 aromatic carbocycles. The molecule has 0 bridgehead atoms. The molecule has 1 heterocycles. The average molecular weight is 278 g/mol. The molecular weight excluding hydrogens is 261 g/mol. The van der Waals surface area contributed by atoms with E-state index < -0.39 is 0 Å². The van der Waals surface area contributed by atoms with Crippen LogP contribution in [0.25, 0.3) is 11.3 Å². The van der Waals surface area contributed by atoms with Crippen LogP contribution >= 0.6 is 0 Å². The molecule has 0 aliphatic heterocycles. The minimum absolute atomic E-state index is 0.193. The molecule has 1 nitrogen and oxygen atoms in total. The summed E-state index contributed by atoms with van der Waals surface area (Å²) in [6.07, 6.45) is 1.99. The third-order valence-corrected chi connectivity index (χ3v) is 3.53. The van der Waals surface area contributed by atoms with Crippen molar-refractivity contribution in [1.82, 2.24) is 0 Å². The lowest BCUT2D eigenvalue weighted by Gasteiger charge is -2.05. The van der Waals surface area contributed by atoms with Crippen LogP contribution in [0.3, 0.4) is 0 Å². The lowest BCUT2D eigenvalue weighted by molar-refractivity contribution is -0.677. The Balaban J connectivity index is 2.03. The van der Waals surface area contributed by atoms with E-state index in [1.807, 2.05) is 36.5 Å². The molecule has 104 valence electrons. The lowest BCUT2D eigenvalue weighted by Crippen LogP contribution is -2.36. The van der Waals surface area contributed by atoms with Crippen molar-refractivity contribution in [2.24, 2.45) is 0 Å². The average Bonchev–Trinajstić information content (AvgIpc) is 2.49. The quantitative estimate of drug-likeness (QED) is 0.634. The molecule has 0 atom stereocenters. The van der Waals surface area contributed by atoms with Gasteiger partial charge in [-0.3, -0.25) is 0 Å². The third kappa shape index (κ3) is 3.00. The van der Waals surface area contributed by atoms with Gasteiger partial charge in [0.15, 0.2) is 12.7 Å². The van der Waals surface area contributed by atoms with E-state index in [9.17, 15) is 4.39 Å². The van der Waals surface area contributed by atoms with Gasteiger partial charge in [0.25, 0.3) is 0 Å². The van der Waals surface area contributed by atoms with Gasteiger partial charge in [-0.25, -0.2) is 4.39 Å². The second kappa shape index (κ2) is 5.88. The summed E-state index contributed by atoms with van der Waals surface area (Å²) in [6, 6.07) is 21.1. The number of hydrogen-bond donors (Lipinski definition) is 0. The summed E-state index contributed by atoms with van der Waals surface area (Å²) in [6.45, 7) is 2.81. The van der Waals surface area contributed by atoms with E-state index in [1.165, 1.54) is 17.2 Å². The first kappa shape index (κ1) is 13.5. The Hall–Kier alpha value is -2.48. The van der Waals surface area contributed by atoms with Crippen LogP contribution in [0, 0.1) is 12.7 Å².